The van der Waals surface area contributed by atoms with E-state index in [4.69, 9.17) is 9.47 Å². The summed E-state index contributed by atoms with van der Waals surface area (Å²) in [6.45, 7) is 4.64. The van der Waals surface area contributed by atoms with Gasteiger partial charge in [0.25, 0.3) is 0 Å². The first-order valence-corrected chi connectivity index (χ1v) is 10.1. The van der Waals surface area contributed by atoms with Crippen molar-refractivity contribution in [1.82, 2.24) is 29.9 Å². The molecule has 0 amide bonds. The normalized spacial score (nSPS) is 10.4. The molecule has 170 valence electrons. The molecule has 0 aliphatic carbocycles. The SMILES string of the molecule is CCOc1nc(Nc2ccccc2Nc2nc(OCC)nc(N(C)C)n2)nc(N(C)C)n1. The lowest BCUT2D eigenvalue weighted by Crippen LogP contribution is -2.16. The van der Waals surface area contributed by atoms with Crippen LogP contribution in [0.15, 0.2) is 24.3 Å². The highest BCUT2D eigenvalue weighted by Gasteiger charge is 2.13. The van der Waals surface area contributed by atoms with Crippen molar-refractivity contribution in [3.8, 4) is 12.0 Å². The molecule has 0 radical (unpaired) electrons. The number of ether oxygens (including phenoxy) is 2. The van der Waals surface area contributed by atoms with E-state index in [1.165, 1.54) is 0 Å². The van der Waals surface area contributed by atoms with Crippen LogP contribution in [0.25, 0.3) is 0 Å². The van der Waals surface area contributed by atoms with Gasteiger partial charge >= 0.3 is 12.0 Å². The second-order valence-electron chi connectivity index (χ2n) is 6.93. The van der Waals surface area contributed by atoms with E-state index in [1.54, 1.807) is 9.80 Å². The minimum absolute atomic E-state index is 0.244. The minimum atomic E-state index is 0.244. The number of nitrogens with one attached hydrogen (secondary N) is 2. The summed E-state index contributed by atoms with van der Waals surface area (Å²) in [4.78, 5) is 29.7. The molecule has 12 heteroatoms. The lowest BCUT2D eigenvalue weighted by atomic mass is 10.2. The zero-order valence-corrected chi connectivity index (χ0v) is 19.1. The number of hydrogen-bond acceptors (Lipinski definition) is 12. The average Bonchev–Trinajstić information content (AvgIpc) is 2.75. The van der Waals surface area contributed by atoms with Gasteiger partial charge in [0.05, 0.1) is 24.6 Å². The van der Waals surface area contributed by atoms with Gasteiger partial charge in [-0.25, -0.2) is 0 Å². The van der Waals surface area contributed by atoms with Crippen LogP contribution >= 0.6 is 0 Å². The second-order valence-corrected chi connectivity index (χ2v) is 6.93. The van der Waals surface area contributed by atoms with Gasteiger partial charge in [-0.15, -0.1) is 0 Å². The Morgan fingerprint density at radius 1 is 0.656 bits per heavy atom. The Morgan fingerprint density at radius 2 is 1.06 bits per heavy atom. The summed E-state index contributed by atoms with van der Waals surface area (Å²) < 4.78 is 11.0. The van der Waals surface area contributed by atoms with Gasteiger partial charge in [-0.3, -0.25) is 0 Å². The molecule has 12 nitrogen and oxygen atoms in total. The van der Waals surface area contributed by atoms with E-state index in [-0.39, 0.29) is 12.0 Å². The van der Waals surface area contributed by atoms with Gasteiger partial charge in [0.1, 0.15) is 0 Å². The Morgan fingerprint density at radius 3 is 1.41 bits per heavy atom. The highest BCUT2D eigenvalue weighted by Crippen LogP contribution is 2.28. The van der Waals surface area contributed by atoms with Crippen LogP contribution in [0.4, 0.5) is 35.2 Å². The highest BCUT2D eigenvalue weighted by molar-refractivity contribution is 5.75. The van der Waals surface area contributed by atoms with Crippen LogP contribution in [0.5, 0.6) is 12.0 Å². The molecular formula is C20H28N10O2. The molecule has 0 bridgehead atoms. The van der Waals surface area contributed by atoms with E-state index in [0.29, 0.717) is 37.0 Å². The summed E-state index contributed by atoms with van der Waals surface area (Å²) in [5, 5.41) is 6.44. The van der Waals surface area contributed by atoms with E-state index in [2.05, 4.69) is 40.5 Å². The number of hydrogen-bond donors (Lipinski definition) is 2. The van der Waals surface area contributed by atoms with Gasteiger partial charge in [-0.1, -0.05) is 12.1 Å². The number of benzene rings is 1. The highest BCUT2D eigenvalue weighted by atomic mass is 16.5. The van der Waals surface area contributed by atoms with E-state index >= 15 is 0 Å². The zero-order valence-electron chi connectivity index (χ0n) is 19.1. The van der Waals surface area contributed by atoms with Crippen LogP contribution in [-0.4, -0.2) is 71.3 Å². The molecule has 0 saturated carbocycles. The average molecular weight is 441 g/mol. The Kier molecular flexibility index (Phi) is 7.37. The Hall–Kier alpha value is -3.96. The third-order valence-electron chi connectivity index (χ3n) is 3.97. The molecule has 0 aliphatic heterocycles. The molecule has 0 atom stereocenters. The lowest BCUT2D eigenvalue weighted by molar-refractivity contribution is 0.312. The van der Waals surface area contributed by atoms with E-state index in [0.717, 1.165) is 11.4 Å². The molecule has 1 aromatic carbocycles. The zero-order chi connectivity index (χ0) is 23.1. The quantitative estimate of drug-likeness (QED) is 0.481. The molecule has 0 saturated heterocycles. The minimum Gasteiger partial charge on any atom is -0.464 e. The maximum absolute atomic E-state index is 5.48. The molecule has 2 heterocycles. The number of aromatic nitrogens is 6. The predicted octanol–water partition coefficient (Wildman–Crippen LogP) is 2.47. The molecular weight excluding hydrogens is 412 g/mol. The van der Waals surface area contributed by atoms with E-state index < -0.39 is 0 Å². The van der Waals surface area contributed by atoms with Gasteiger partial charge in [0, 0.05) is 28.2 Å². The van der Waals surface area contributed by atoms with Crippen molar-refractivity contribution in [2.75, 3.05) is 61.8 Å². The first kappa shape index (κ1) is 22.7. The molecule has 0 spiro atoms. The lowest BCUT2D eigenvalue weighted by Gasteiger charge is -2.16. The topological polar surface area (TPSA) is 126 Å². The molecule has 0 aliphatic rings. The van der Waals surface area contributed by atoms with Gasteiger partial charge < -0.3 is 29.9 Å². The molecule has 0 fully saturated rings. The summed E-state index contributed by atoms with van der Waals surface area (Å²) in [6, 6.07) is 8.06. The smallest absolute Gasteiger partial charge is 0.323 e. The Balaban J connectivity index is 1.92. The fourth-order valence-corrected chi connectivity index (χ4v) is 2.53. The maximum Gasteiger partial charge on any atom is 0.323 e. The second kappa shape index (κ2) is 10.4. The van der Waals surface area contributed by atoms with Crippen LogP contribution in [-0.2, 0) is 0 Å². The van der Waals surface area contributed by atoms with Crippen molar-refractivity contribution in [2.45, 2.75) is 13.8 Å². The number of anilines is 6. The third kappa shape index (κ3) is 5.80. The van der Waals surface area contributed by atoms with E-state index in [9.17, 15) is 0 Å². The van der Waals surface area contributed by atoms with Gasteiger partial charge in [-0.05, 0) is 26.0 Å². The summed E-state index contributed by atoms with van der Waals surface area (Å²) >= 11 is 0. The monoisotopic (exact) mass is 440 g/mol. The number of para-hydroxylation sites is 2. The summed E-state index contributed by atoms with van der Waals surface area (Å²) in [5.41, 5.74) is 1.44. The first-order chi connectivity index (χ1) is 15.4. The number of nitrogens with zero attached hydrogens (tertiary/aromatic N) is 8. The van der Waals surface area contributed by atoms with Crippen molar-refractivity contribution in [3.63, 3.8) is 0 Å². The van der Waals surface area contributed by atoms with Crippen LogP contribution in [0, 0.1) is 0 Å². The number of rotatable bonds is 10. The molecule has 2 aromatic heterocycles. The van der Waals surface area contributed by atoms with Crippen molar-refractivity contribution in [3.05, 3.63) is 24.3 Å². The van der Waals surface area contributed by atoms with Gasteiger partial charge in [0.15, 0.2) is 0 Å². The fraction of sp³-hybridized carbons (Fsp3) is 0.400. The summed E-state index contributed by atoms with van der Waals surface area (Å²) in [7, 11) is 7.40. The van der Waals surface area contributed by atoms with Crippen molar-refractivity contribution in [2.24, 2.45) is 0 Å². The standard InChI is InChI=1S/C20H28N10O2/c1-7-31-19-25-15(23-17(27-19)29(3)4)21-13-11-9-10-12-14(13)22-16-24-18(30(5)6)28-20(26-16)32-8-2/h9-12H,7-8H2,1-6H3,(H,21,23,25,27)(H,22,24,26,28). The molecule has 32 heavy (non-hydrogen) atoms. The largest absolute Gasteiger partial charge is 0.464 e. The van der Waals surface area contributed by atoms with Gasteiger partial charge in [-0.2, -0.15) is 29.9 Å². The molecule has 3 aromatic rings. The summed E-state index contributed by atoms with van der Waals surface area (Å²) in [6.07, 6.45) is 0. The fourth-order valence-electron chi connectivity index (χ4n) is 2.53. The molecule has 0 unspecified atom stereocenters. The summed E-state index contributed by atoms with van der Waals surface area (Å²) in [5.74, 6) is 1.65. The van der Waals surface area contributed by atoms with Crippen molar-refractivity contribution >= 4 is 35.2 Å². The predicted molar refractivity (Wildman–Crippen MR) is 124 cm³/mol. The van der Waals surface area contributed by atoms with Crippen LogP contribution in [0.2, 0.25) is 0 Å². The Labute approximate surface area is 187 Å². The first-order valence-electron chi connectivity index (χ1n) is 10.1. The van der Waals surface area contributed by atoms with Crippen LogP contribution < -0.4 is 29.9 Å². The molecule has 2 N–H and O–H groups in total. The van der Waals surface area contributed by atoms with Crippen LogP contribution in [0.1, 0.15) is 13.8 Å². The van der Waals surface area contributed by atoms with Crippen LogP contribution in [0.3, 0.4) is 0 Å². The maximum atomic E-state index is 5.48. The Bertz CT molecular complexity index is 962. The third-order valence-corrected chi connectivity index (χ3v) is 3.97. The molecule has 3 rings (SSSR count). The van der Waals surface area contributed by atoms with E-state index in [1.807, 2.05) is 66.3 Å². The van der Waals surface area contributed by atoms with Gasteiger partial charge in [0.2, 0.25) is 23.8 Å². The van der Waals surface area contributed by atoms with Crippen molar-refractivity contribution < 1.29 is 9.47 Å². The van der Waals surface area contributed by atoms with Crippen molar-refractivity contribution in [1.29, 1.82) is 0 Å².